The van der Waals surface area contributed by atoms with Crippen LogP contribution in [0.3, 0.4) is 0 Å². The van der Waals surface area contributed by atoms with Gasteiger partial charge in [0.05, 0.1) is 24.8 Å². The summed E-state index contributed by atoms with van der Waals surface area (Å²) < 4.78 is 2.01. The first-order valence-electron chi connectivity index (χ1n) is 9.86. The fraction of sp³-hybridized carbons (Fsp3) is 0.696. The number of carbonyl (C=O) groups is 2. The van der Waals surface area contributed by atoms with Crippen LogP contribution in [0.5, 0.6) is 0 Å². The van der Waals surface area contributed by atoms with Gasteiger partial charge in [0.25, 0.3) is 11.8 Å². The van der Waals surface area contributed by atoms with Crippen molar-refractivity contribution >= 4 is 11.8 Å². The van der Waals surface area contributed by atoms with E-state index in [0.717, 1.165) is 22.1 Å². The maximum Gasteiger partial charge on any atom is 0.257 e. The van der Waals surface area contributed by atoms with Gasteiger partial charge in [0.2, 0.25) is 0 Å². The van der Waals surface area contributed by atoms with Crippen molar-refractivity contribution in [3.8, 4) is 0 Å². The van der Waals surface area contributed by atoms with Crippen molar-refractivity contribution in [3.05, 3.63) is 29.1 Å². The van der Waals surface area contributed by atoms with Crippen LogP contribution in [-0.4, -0.2) is 55.8 Å². The Morgan fingerprint density at radius 3 is 1.42 bits per heavy atom. The molecule has 0 radical (unpaired) electrons. The first-order valence-corrected chi connectivity index (χ1v) is 9.86. The smallest absolute Gasteiger partial charge is 0.257 e. The molecule has 0 bridgehead atoms. The normalized spacial score (nSPS) is 15.8. The molecule has 3 rings (SSSR count). The Kier molecular flexibility index (Phi) is 20.2. The molecular formula is C23H48N6O4. The lowest BCUT2D eigenvalue weighted by Gasteiger charge is -2.08. The standard InChI is InChI=1S/C7H11NO3.C6H10N2.C5H9N3O.C2H6.3CH4/c1-4-5(2)7(10)8(11-3)6(4)9;1-5-6(2)8(3)4-7-5;1-4-5(2)8(9-3)7-6-4;1-2;;;/h4-5H,1-3H3;4H,1-3H3;1-3H3;1-2H3;3*1H4. The average Bonchev–Trinajstić information content (AvgIpc) is 3.30. The van der Waals surface area contributed by atoms with E-state index in [4.69, 9.17) is 4.84 Å². The third kappa shape index (κ3) is 9.73. The lowest BCUT2D eigenvalue weighted by Crippen LogP contribution is -2.29. The van der Waals surface area contributed by atoms with Crippen molar-refractivity contribution in [2.24, 2.45) is 18.9 Å². The fourth-order valence-corrected chi connectivity index (χ4v) is 2.25. The van der Waals surface area contributed by atoms with Crippen molar-refractivity contribution in [2.75, 3.05) is 14.2 Å². The number of rotatable bonds is 2. The van der Waals surface area contributed by atoms with E-state index in [2.05, 4.69) is 27.1 Å². The lowest BCUT2D eigenvalue weighted by atomic mass is 10.00. The summed E-state index contributed by atoms with van der Waals surface area (Å²) in [6, 6.07) is 0. The highest BCUT2D eigenvalue weighted by Crippen LogP contribution is 2.24. The maximum absolute atomic E-state index is 11.1. The van der Waals surface area contributed by atoms with Crippen molar-refractivity contribution in [1.82, 2.24) is 29.8 Å². The Morgan fingerprint density at radius 1 is 0.818 bits per heavy atom. The molecule has 2 aromatic heterocycles. The van der Waals surface area contributed by atoms with Crippen molar-refractivity contribution in [3.63, 3.8) is 0 Å². The van der Waals surface area contributed by atoms with E-state index in [-0.39, 0.29) is 45.9 Å². The Bertz CT molecular complexity index is 776. The highest BCUT2D eigenvalue weighted by Gasteiger charge is 2.42. The number of aryl methyl sites for hydroxylation is 3. The molecule has 2 amide bonds. The van der Waals surface area contributed by atoms with Crippen LogP contribution in [-0.2, 0) is 21.5 Å². The fourth-order valence-electron chi connectivity index (χ4n) is 2.25. The molecule has 1 saturated heterocycles. The van der Waals surface area contributed by atoms with Crippen LogP contribution in [0.4, 0.5) is 0 Å². The van der Waals surface area contributed by atoms with Crippen LogP contribution in [0.15, 0.2) is 6.33 Å². The van der Waals surface area contributed by atoms with Gasteiger partial charge in [-0.2, -0.15) is 5.06 Å². The predicted molar refractivity (Wildman–Crippen MR) is 133 cm³/mol. The summed E-state index contributed by atoms with van der Waals surface area (Å²) in [5.41, 5.74) is 4.20. The molecule has 0 aromatic carbocycles. The second-order valence-electron chi connectivity index (χ2n) is 6.57. The minimum absolute atomic E-state index is 0. The molecule has 0 N–H and O–H groups in total. The van der Waals surface area contributed by atoms with Gasteiger partial charge in [-0.05, 0) is 32.9 Å². The number of amides is 2. The Labute approximate surface area is 201 Å². The number of nitrogens with zero attached hydrogens (tertiary/aromatic N) is 6. The average molecular weight is 473 g/mol. The molecule has 0 saturated carbocycles. The molecule has 33 heavy (non-hydrogen) atoms. The molecule has 10 heteroatoms. The summed E-state index contributed by atoms with van der Waals surface area (Å²) >= 11 is 0. The van der Waals surface area contributed by atoms with E-state index >= 15 is 0 Å². The van der Waals surface area contributed by atoms with Gasteiger partial charge in [-0.1, -0.05) is 54.8 Å². The van der Waals surface area contributed by atoms with Gasteiger partial charge in [-0.25, -0.2) is 4.98 Å². The minimum atomic E-state index is -0.248. The zero-order valence-corrected chi connectivity index (χ0v) is 20.0. The van der Waals surface area contributed by atoms with Gasteiger partial charge in [-0.3, -0.25) is 14.4 Å². The van der Waals surface area contributed by atoms with Crippen molar-refractivity contribution in [2.45, 2.75) is 77.7 Å². The van der Waals surface area contributed by atoms with Crippen LogP contribution in [0.2, 0.25) is 0 Å². The van der Waals surface area contributed by atoms with Crippen LogP contribution in [0.25, 0.3) is 0 Å². The van der Waals surface area contributed by atoms with E-state index in [1.807, 2.05) is 52.6 Å². The molecule has 0 spiro atoms. The van der Waals surface area contributed by atoms with E-state index in [1.165, 1.54) is 17.6 Å². The number of carbonyl (C=O) groups excluding carboxylic acids is 2. The van der Waals surface area contributed by atoms with Gasteiger partial charge in [0, 0.05) is 24.6 Å². The van der Waals surface area contributed by atoms with E-state index < -0.39 is 0 Å². The third-order valence-electron chi connectivity index (χ3n) is 4.85. The lowest BCUT2D eigenvalue weighted by molar-refractivity contribution is -0.181. The first-order chi connectivity index (χ1) is 14.1. The Balaban J connectivity index is -0.000000178. The summed E-state index contributed by atoms with van der Waals surface area (Å²) in [6.07, 6.45) is 1.82. The number of aromatic nitrogens is 5. The summed E-state index contributed by atoms with van der Waals surface area (Å²) in [7, 11) is 4.87. The molecule has 2 atom stereocenters. The summed E-state index contributed by atoms with van der Waals surface area (Å²) in [5.74, 6) is -0.986. The molecule has 1 aliphatic heterocycles. The monoisotopic (exact) mass is 472 g/mol. The number of imide groups is 1. The number of hydrogen-bond donors (Lipinski definition) is 0. The van der Waals surface area contributed by atoms with Crippen LogP contribution in [0.1, 0.15) is 72.8 Å². The number of hydroxylamine groups is 2. The first kappa shape index (κ1) is 37.6. The summed E-state index contributed by atoms with van der Waals surface area (Å²) in [6.45, 7) is 15.3. The highest BCUT2D eigenvalue weighted by molar-refractivity contribution is 6.03. The Morgan fingerprint density at radius 2 is 1.27 bits per heavy atom. The Hall–Kier alpha value is -2.75. The van der Waals surface area contributed by atoms with Gasteiger partial charge >= 0.3 is 0 Å². The second-order valence-corrected chi connectivity index (χ2v) is 6.57. The second kappa shape index (κ2) is 17.8. The van der Waals surface area contributed by atoms with E-state index in [9.17, 15) is 9.59 Å². The van der Waals surface area contributed by atoms with E-state index in [0.29, 0.717) is 0 Å². The quantitative estimate of drug-likeness (QED) is 0.606. The van der Waals surface area contributed by atoms with Gasteiger partial charge < -0.3 is 9.40 Å². The van der Waals surface area contributed by atoms with Crippen LogP contribution in [0, 0.1) is 39.5 Å². The van der Waals surface area contributed by atoms with Crippen molar-refractivity contribution in [1.29, 1.82) is 0 Å². The van der Waals surface area contributed by atoms with Gasteiger partial charge in [0.15, 0.2) is 0 Å². The maximum atomic E-state index is 11.1. The van der Waals surface area contributed by atoms with Crippen molar-refractivity contribution < 1.29 is 19.3 Å². The molecule has 194 valence electrons. The highest BCUT2D eigenvalue weighted by atomic mass is 16.7. The number of imidazole rings is 1. The van der Waals surface area contributed by atoms with Gasteiger partial charge in [-0.15, -0.1) is 5.10 Å². The number of hydrogen-bond acceptors (Lipinski definition) is 7. The van der Waals surface area contributed by atoms with Gasteiger partial charge in [0.1, 0.15) is 12.8 Å². The third-order valence-corrected chi connectivity index (χ3v) is 4.85. The molecule has 10 nitrogen and oxygen atoms in total. The molecular weight excluding hydrogens is 424 g/mol. The zero-order chi connectivity index (χ0) is 23.6. The summed E-state index contributed by atoms with van der Waals surface area (Å²) in [5, 5.41) is 8.28. The molecule has 1 fully saturated rings. The molecule has 1 aliphatic rings. The largest absolute Gasteiger partial charge is 0.399 e. The molecule has 3 heterocycles. The van der Waals surface area contributed by atoms with Crippen LogP contribution < -0.4 is 4.84 Å². The molecule has 2 aromatic rings. The molecule has 2 unspecified atom stereocenters. The predicted octanol–water partition coefficient (Wildman–Crippen LogP) is 4.11. The minimum Gasteiger partial charge on any atom is -0.399 e. The zero-order valence-electron chi connectivity index (χ0n) is 20.0. The molecule has 0 aliphatic carbocycles. The van der Waals surface area contributed by atoms with E-state index in [1.54, 1.807) is 21.0 Å². The van der Waals surface area contributed by atoms with Crippen LogP contribution >= 0.6 is 0 Å². The summed E-state index contributed by atoms with van der Waals surface area (Å²) in [4.78, 5) is 37.2. The topological polar surface area (TPSA) is 104 Å². The SMILES string of the molecule is C.C.C.CC.CON1C(=O)C(C)C(C)C1=O.COn1nnc(C)c1C.Cc1ncn(C)c1C.